The lowest BCUT2D eigenvalue weighted by molar-refractivity contribution is 0.344. The molecule has 1 atom stereocenters. The first-order chi connectivity index (χ1) is 28.3. The highest BCUT2D eigenvalue weighted by Gasteiger charge is 2.34. The Morgan fingerprint density at radius 3 is 1.77 bits per heavy atom. The second kappa shape index (κ2) is 11.8. The third-order valence-corrected chi connectivity index (χ3v) is 13.5. The van der Waals surface area contributed by atoms with Crippen LogP contribution in [0.1, 0.15) is 17.0 Å². The third kappa shape index (κ3) is 4.40. The number of hydrogen-bond acceptors (Lipinski definition) is 3. The first kappa shape index (κ1) is 31.3. The van der Waals surface area contributed by atoms with Gasteiger partial charge >= 0.3 is 0 Å². The van der Waals surface area contributed by atoms with Gasteiger partial charge in [-0.05, 0) is 90.1 Å². The zero-order valence-electron chi connectivity index (χ0n) is 30.8. The van der Waals surface area contributed by atoms with E-state index in [9.17, 15) is 0 Å². The minimum absolute atomic E-state index is 0.0893. The van der Waals surface area contributed by atoms with Crippen LogP contribution in [0.5, 0.6) is 5.75 Å². The Morgan fingerprint density at radius 1 is 0.421 bits per heavy atom. The summed E-state index contributed by atoms with van der Waals surface area (Å²) in [5.74, 6) is 1.09. The molecular weight excluding hydrogens is 713 g/mol. The molecule has 0 saturated carbocycles. The van der Waals surface area contributed by atoms with Gasteiger partial charge in [0.25, 0.3) is 0 Å². The number of benzene rings is 10. The molecule has 0 radical (unpaired) electrons. The maximum atomic E-state index is 7.06. The molecule has 266 valence electrons. The summed E-state index contributed by atoms with van der Waals surface area (Å²) in [6.45, 7) is 0.595. The van der Waals surface area contributed by atoms with Crippen LogP contribution < -0.4 is 4.74 Å². The van der Waals surface area contributed by atoms with E-state index in [0.29, 0.717) is 6.61 Å². The Hall–Kier alpha value is -6.94. The Labute approximate surface area is 331 Å². The van der Waals surface area contributed by atoms with Gasteiger partial charge in [-0.3, -0.25) is 0 Å². The molecule has 2 aromatic heterocycles. The number of ether oxygens (including phenoxy) is 1. The molecular formula is C54H32O2S. The van der Waals surface area contributed by atoms with Crippen molar-refractivity contribution in [3.8, 4) is 28.0 Å². The van der Waals surface area contributed by atoms with E-state index < -0.39 is 0 Å². The van der Waals surface area contributed by atoms with Gasteiger partial charge in [-0.15, -0.1) is 11.3 Å². The fraction of sp³-hybridized carbons (Fsp3) is 0.0370. The van der Waals surface area contributed by atoms with Crippen molar-refractivity contribution in [3.63, 3.8) is 0 Å². The van der Waals surface area contributed by atoms with Crippen molar-refractivity contribution in [2.24, 2.45) is 0 Å². The van der Waals surface area contributed by atoms with Crippen LogP contribution in [0.2, 0.25) is 0 Å². The summed E-state index contributed by atoms with van der Waals surface area (Å²) >= 11 is 1.89. The molecule has 0 bridgehead atoms. The molecule has 0 aliphatic carbocycles. The lowest BCUT2D eigenvalue weighted by Gasteiger charge is -2.20. The van der Waals surface area contributed by atoms with Gasteiger partial charge in [0.15, 0.2) is 0 Å². The highest BCUT2D eigenvalue weighted by atomic mass is 32.1. The maximum absolute atomic E-state index is 7.06. The molecule has 0 amide bonds. The highest BCUT2D eigenvalue weighted by molar-refractivity contribution is 7.25. The lowest BCUT2D eigenvalue weighted by Crippen LogP contribution is -2.03. The van der Waals surface area contributed by atoms with Crippen molar-refractivity contribution >= 4 is 96.5 Å². The molecule has 1 aliphatic rings. The van der Waals surface area contributed by atoms with Gasteiger partial charge in [-0.1, -0.05) is 146 Å². The minimum atomic E-state index is 0.0893. The van der Waals surface area contributed by atoms with Crippen LogP contribution in [0.3, 0.4) is 0 Å². The first-order valence-electron chi connectivity index (χ1n) is 19.7. The van der Waals surface area contributed by atoms with Gasteiger partial charge in [0.2, 0.25) is 0 Å². The van der Waals surface area contributed by atoms with E-state index in [1.54, 1.807) is 0 Å². The average molecular weight is 745 g/mol. The molecule has 10 aromatic carbocycles. The SMILES string of the molecule is c1ccc2cc3c(cc2c1)oc1cccc(-c2c4ccccc4c(-c4cc5sc6ccccc6c5c5c4OCC5c4cccc5ccccc45)c4ccccc24)c13. The van der Waals surface area contributed by atoms with Crippen molar-refractivity contribution < 1.29 is 9.15 Å². The van der Waals surface area contributed by atoms with Crippen molar-refractivity contribution in [1.82, 2.24) is 0 Å². The first-order valence-corrected chi connectivity index (χ1v) is 20.5. The normalized spacial score (nSPS) is 14.2. The topological polar surface area (TPSA) is 22.4 Å². The Balaban J connectivity index is 1.14. The lowest BCUT2D eigenvalue weighted by atomic mass is 9.82. The zero-order valence-corrected chi connectivity index (χ0v) is 31.6. The Bertz CT molecular complexity index is 3600. The van der Waals surface area contributed by atoms with Crippen molar-refractivity contribution in [2.45, 2.75) is 5.92 Å². The maximum Gasteiger partial charge on any atom is 0.136 e. The molecule has 3 heterocycles. The molecule has 1 unspecified atom stereocenters. The summed E-state index contributed by atoms with van der Waals surface area (Å²) < 4.78 is 16.3. The van der Waals surface area contributed by atoms with Crippen molar-refractivity contribution in [1.29, 1.82) is 0 Å². The van der Waals surface area contributed by atoms with Crippen molar-refractivity contribution in [2.75, 3.05) is 6.61 Å². The summed E-state index contributed by atoms with van der Waals surface area (Å²) in [6.07, 6.45) is 0. The minimum Gasteiger partial charge on any atom is -0.492 e. The van der Waals surface area contributed by atoms with E-state index in [-0.39, 0.29) is 5.92 Å². The third-order valence-electron chi connectivity index (χ3n) is 12.4. The Morgan fingerprint density at radius 2 is 1.02 bits per heavy atom. The number of thiophene rings is 1. The van der Waals surface area contributed by atoms with Crippen molar-refractivity contribution in [3.05, 3.63) is 187 Å². The van der Waals surface area contributed by atoms with Gasteiger partial charge in [0.05, 0.1) is 6.61 Å². The second-order valence-corrected chi connectivity index (χ2v) is 16.5. The molecule has 12 aromatic rings. The van der Waals surface area contributed by atoms with Crippen LogP contribution in [-0.2, 0) is 0 Å². The number of furan rings is 1. The molecule has 3 heteroatoms. The van der Waals surface area contributed by atoms with Crippen LogP contribution in [0.4, 0.5) is 0 Å². The van der Waals surface area contributed by atoms with Crippen LogP contribution in [-0.4, -0.2) is 6.61 Å². The average Bonchev–Trinajstić information content (AvgIpc) is 3.97. The Kier molecular flexibility index (Phi) is 6.47. The van der Waals surface area contributed by atoms with E-state index in [1.165, 1.54) is 91.1 Å². The predicted octanol–water partition coefficient (Wildman–Crippen LogP) is 15.4. The molecule has 13 rings (SSSR count). The van der Waals surface area contributed by atoms with Crippen LogP contribution in [0.25, 0.3) is 107 Å². The molecule has 0 N–H and O–H groups in total. The second-order valence-electron chi connectivity index (χ2n) is 15.4. The monoisotopic (exact) mass is 744 g/mol. The van der Waals surface area contributed by atoms with Crippen LogP contribution >= 0.6 is 11.3 Å². The molecule has 0 fully saturated rings. The number of rotatable bonds is 3. The van der Waals surface area contributed by atoms with E-state index in [2.05, 4.69) is 176 Å². The largest absolute Gasteiger partial charge is 0.492 e. The summed E-state index contributed by atoms with van der Waals surface area (Å²) in [4.78, 5) is 0. The standard InChI is InChI=1S/C54H32O2S/c1-2-15-33-28-46-42(27-32(33)14-1)51-41(24-12-25-45(51)56-46)49-36-18-5-7-20-38(36)50(39-21-8-6-19-37(39)49)43-29-48-52(40-22-9-10-26-47(40)57-48)53-44(30-55-54(43)53)35-23-11-16-31-13-3-4-17-34(31)35/h1-29,44H,30H2. The number of fused-ring (bicyclic) bond motifs is 12. The molecule has 2 nitrogen and oxygen atoms in total. The molecule has 0 saturated heterocycles. The predicted molar refractivity (Wildman–Crippen MR) is 241 cm³/mol. The highest BCUT2D eigenvalue weighted by Crippen LogP contribution is 2.56. The summed E-state index contributed by atoms with van der Waals surface area (Å²) in [5.41, 5.74) is 9.20. The molecule has 1 aliphatic heterocycles. The number of hydrogen-bond donors (Lipinski definition) is 0. The van der Waals surface area contributed by atoms with Gasteiger partial charge in [-0.25, -0.2) is 0 Å². The van der Waals surface area contributed by atoms with E-state index in [4.69, 9.17) is 9.15 Å². The summed E-state index contributed by atoms with van der Waals surface area (Å²) in [5, 5.41) is 14.7. The van der Waals surface area contributed by atoms with Crippen LogP contribution in [0, 0.1) is 0 Å². The van der Waals surface area contributed by atoms with E-state index in [0.717, 1.165) is 33.3 Å². The fourth-order valence-corrected chi connectivity index (χ4v) is 11.2. The van der Waals surface area contributed by atoms with Gasteiger partial charge in [0.1, 0.15) is 16.9 Å². The summed E-state index contributed by atoms with van der Waals surface area (Å²) in [7, 11) is 0. The zero-order chi connectivity index (χ0) is 37.2. The molecule has 57 heavy (non-hydrogen) atoms. The van der Waals surface area contributed by atoms with Gasteiger partial charge < -0.3 is 9.15 Å². The van der Waals surface area contributed by atoms with E-state index in [1.807, 2.05) is 11.3 Å². The molecule has 0 spiro atoms. The fourth-order valence-electron chi connectivity index (χ4n) is 10.1. The van der Waals surface area contributed by atoms with Gasteiger partial charge in [0, 0.05) is 53.6 Å². The van der Waals surface area contributed by atoms with E-state index >= 15 is 0 Å². The van der Waals surface area contributed by atoms with Gasteiger partial charge in [-0.2, -0.15) is 0 Å². The summed E-state index contributed by atoms with van der Waals surface area (Å²) in [6, 6.07) is 64.3. The smallest absolute Gasteiger partial charge is 0.136 e. The van der Waals surface area contributed by atoms with Crippen LogP contribution in [0.15, 0.2) is 180 Å². The quantitative estimate of drug-likeness (QED) is 0.168.